The van der Waals surface area contributed by atoms with Gasteiger partial charge in [-0.15, -0.1) is 0 Å². The fourth-order valence-electron chi connectivity index (χ4n) is 2.99. The van der Waals surface area contributed by atoms with Gasteiger partial charge in [0.2, 0.25) is 0 Å². The maximum atomic E-state index is 13.1. The van der Waals surface area contributed by atoms with Crippen LogP contribution < -0.4 is 10.1 Å². The summed E-state index contributed by atoms with van der Waals surface area (Å²) in [5.74, 6) is -0.482. The van der Waals surface area contributed by atoms with Gasteiger partial charge in [0.1, 0.15) is 5.75 Å². The Balaban J connectivity index is 1.90. The van der Waals surface area contributed by atoms with Crippen molar-refractivity contribution in [1.29, 1.82) is 0 Å². The summed E-state index contributed by atoms with van der Waals surface area (Å²) in [5.41, 5.74) is 1.75. The Morgan fingerprint density at radius 1 is 1.26 bits per heavy atom. The number of hydrogen-bond acceptors (Lipinski definition) is 2. The summed E-state index contributed by atoms with van der Waals surface area (Å²) in [6.45, 7) is 1.27. The van der Waals surface area contributed by atoms with Gasteiger partial charge in [-0.3, -0.25) is 0 Å². The number of nitrogens with one attached hydrogen (secondary N) is 1. The molecule has 0 radical (unpaired) electrons. The fraction of sp³-hybridized carbons (Fsp3) is 0.571. The van der Waals surface area contributed by atoms with E-state index in [1.807, 2.05) is 6.07 Å². The summed E-state index contributed by atoms with van der Waals surface area (Å²) in [6.07, 6.45) is -2.58. The van der Waals surface area contributed by atoms with Gasteiger partial charge in [0.15, 0.2) is 0 Å². The summed E-state index contributed by atoms with van der Waals surface area (Å²) in [4.78, 5) is 0. The molecule has 104 valence electrons. The normalized spacial score (nSPS) is 26.9. The molecule has 0 bridgehead atoms. The lowest BCUT2D eigenvalue weighted by Gasteiger charge is -2.34. The summed E-state index contributed by atoms with van der Waals surface area (Å²) >= 11 is 0. The lowest BCUT2D eigenvalue weighted by molar-refractivity contribution is -0.189. The average molecular weight is 271 g/mol. The van der Waals surface area contributed by atoms with Crippen molar-refractivity contribution >= 4 is 0 Å². The van der Waals surface area contributed by atoms with E-state index in [9.17, 15) is 13.2 Å². The molecule has 1 aromatic carbocycles. The van der Waals surface area contributed by atoms with Crippen LogP contribution in [0.2, 0.25) is 0 Å². The monoisotopic (exact) mass is 271 g/mol. The van der Waals surface area contributed by atoms with Crippen LogP contribution in [0.25, 0.3) is 0 Å². The van der Waals surface area contributed by atoms with Crippen LogP contribution in [0.5, 0.6) is 5.75 Å². The van der Waals surface area contributed by atoms with Crippen LogP contribution in [0.4, 0.5) is 13.2 Å². The quantitative estimate of drug-likeness (QED) is 0.846. The first-order valence-corrected chi connectivity index (χ1v) is 6.61. The van der Waals surface area contributed by atoms with E-state index >= 15 is 0 Å². The first kappa shape index (κ1) is 12.8. The number of piperidine rings is 1. The van der Waals surface area contributed by atoms with Crippen LogP contribution in [0.15, 0.2) is 18.2 Å². The standard InChI is InChI=1S/C14H16F3NO/c15-14(16,17)11-2-1-6-18-13(11)10-3-4-12-9(8-10)5-7-19-12/h3-4,8,11,13,18H,1-2,5-7H2. The molecular weight excluding hydrogens is 255 g/mol. The Morgan fingerprint density at radius 2 is 2.11 bits per heavy atom. The molecular formula is C14H16F3NO. The highest BCUT2D eigenvalue weighted by Crippen LogP contribution is 2.42. The highest BCUT2D eigenvalue weighted by Gasteiger charge is 2.46. The molecule has 2 atom stereocenters. The predicted octanol–water partition coefficient (Wildman–Crippen LogP) is 3.22. The summed E-state index contributed by atoms with van der Waals surface area (Å²) < 4.78 is 44.7. The van der Waals surface area contributed by atoms with Gasteiger partial charge in [0.05, 0.1) is 12.5 Å². The first-order chi connectivity index (χ1) is 9.05. The predicted molar refractivity (Wildman–Crippen MR) is 65.2 cm³/mol. The SMILES string of the molecule is FC(F)(F)C1CCCNC1c1ccc2c(c1)CCO2. The average Bonchev–Trinajstić information content (AvgIpc) is 2.85. The van der Waals surface area contributed by atoms with Crippen molar-refractivity contribution in [2.24, 2.45) is 5.92 Å². The largest absolute Gasteiger partial charge is 0.493 e. The molecule has 3 rings (SSSR count). The molecule has 2 aliphatic heterocycles. The number of rotatable bonds is 1. The fourth-order valence-corrected chi connectivity index (χ4v) is 2.99. The number of alkyl halides is 3. The molecule has 0 spiro atoms. The van der Waals surface area contributed by atoms with Crippen LogP contribution in [0.3, 0.4) is 0 Å². The second-order valence-electron chi connectivity index (χ2n) is 5.19. The molecule has 0 amide bonds. The van der Waals surface area contributed by atoms with Crippen LogP contribution >= 0.6 is 0 Å². The van der Waals surface area contributed by atoms with Crippen molar-refractivity contribution < 1.29 is 17.9 Å². The van der Waals surface area contributed by atoms with E-state index in [2.05, 4.69) is 5.32 Å². The van der Waals surface area contributed by atoms with Crippen molar-refractivity contribution in [2.75, 3.05) is 13.2 Å². The zero-order valence-electron chi connectivity index (χ0n) is 10.5. The van der Waals surface area contributed by atoms with Gasteiger partial charge < -0.3 is 10.1 Å². The van der Waals surface area contributed by atoms with Gasteiger partial charge in [0, 0.05) is 12.5 Å². The van der Waals surface area contributed by atoms with Crippen molar-refractivity contribution in [3.05, 3.63) is 29.3 Å². The summed E-state index contributed by atoms with van der Waals surface area (Å²) in [5, 5.41) is 3.02. The van der Waals surface area contributed by atoms with E-state index in [1.54, 1.807) is 12.1 Å². The topological polar surface area (TPSA) is 21.3 Å². The zero-order valence-corrected chi connectivity index (χ0v) is 10.5. The van der Waals surface area contributed by atoms with Gasteiger partial charge in [-0.1, -0.05) is 12.1 Å². The minimum absolute atomic E-state index is 0.203. The van der Waals surface area contributed by atoms with E-state index in [0.29, 0.717) is 19.6 Å². The molecule has 1 aromatic rings. The van der Waals surface area contributed by atoms with Gasteiger partial charge in [-0.25, -0.2) is 0 Å². The van der Waals surface area contributed by atoms with Crippen molar-refractivity contribution in [3.8, 4) is 5.75 Å². The minimum Gasteiger partial charge on any atom is -0.493 e. The molecule has 1 N–H and O–H groups in total. The molecule has 0 saturated carbocycles. The van der Waals surface area contributed by atoms with E-state index in [1.165, 1.54) is 0 Å². The van der Waals surface area contributed by atoms with E-state index < -0.39 is 18.1 Å². The Bertz CT molecular complexity index is 472. The highest BCUT2D eigenvalue weighted by molar-refractivity contribution is 5.41. The Kier molecular flexibility index (Phi) is 3.17. The zero-order chi connectivity index (χ0) is 13.5. The van der Waals surface area contributed by atoms with Crippen molar-refractivity contribution in [2.45, 2.75) is 31.5 Å². The number of fused-ring (bicyclic) bond motifs is 1. The minimum atomic E-state index is -4.15. The Morgan fingerprint density at radius 3 is 2.89 bits per heavy atom. The highest BCUT2D eigenvalue weighted by atomic mass is 19.4. The number of benzene rings is 1. The lowest BCUT2D eigenvalue weighted by Crippen LogP contribution is -2.41. The smallest absolute Gasteiger partial charge is 0.393 e. The molecule has 2 nitrogen and oxygen atoms in total. The van der Waals surface area contributed by atoms with Crippen LogP contribution in [0, 0.1) is 5.92 Å². The number of halogens is 3. The number of ether oxygens (including phenoxy) is 1. The summed E-state index contributed by atoms with van der Waals surface area (Å²) in [6, 6.07) is 4.79. The lowest BCUT2D eigenvalue weighted by atomic mass is 9.85. The maximum Gasteiger partial charge on any atom is 0.393 e. The Labute approximate surface area is 109 Å². The van der Waals surface area contributed by atoms with Crippen molar-refractivity contribution in [1.82, 2.24) is 5.32 Å². The molecule has 0 aliphatic carbocycles. The molecule has 5 heteroatoms. The van der Waals surface area contributed by atoms with E-state index in [-0.39, 0.29) is 6.42 Å². The second-order valence-corrected chi connectivity index (χ2v) is 5.19. The van der Waals surface area contributed by atoms with Crippen LogP contribution in [0.1, 0.15) is 30.0 Å². The summed E-state index contributed by atoms with van der Waals surface area (Å²) in [7, 11) is 0. The third-order valence-electron chi connectivity index (χ3n) is 3.95. The van der Waals surface area contributed by atoms with Gasteiger partial charge >= 0.3 is 6.18 Å². The molecule has 19 heavy (non-hydrogen) atoms. The first-order valence-electron chi connectivity index (χ1n) is 6.61. The van der Waals surface area contributed by atoms with Gasteiger partial charge in [-0.05, 0) is 36.6 Å². The molecule has 0 aromatic heterocycles. The van der Waals surface area contributed by atoms with E-state index in [0.717, 1.165) is 23.3 Å². The molecule has 2 aliphatic rings. The van der Waals surface area contributed by atoms with Crippen molar-refractivity contribution in [3.63, 3.8) is 0 Å². The van der Waals surface area contributed by atoms with Gasteiger partial charge in [0.25, 0.3) is 0 Å². The third-order valence-corrected chi connectivity index (χ3v) is 3.95. The maximum absolute atomic E-state index is 13.1. The van der Waals surface area contributed by atoms with E-state index in [4.69, 9.17) is 4.74 Å². The molecule has 1 saturated heterocycles. The molecule has 2 heterocycles. The third kappa shape index (κ3) is 2.43. The molecule has 2 unspecified atom stereocenters. The Hall–Kier alpha value is -1.23. The van der Waals surface area contributed by atoms with Crippen LogP contribution in [-0.2, 0) is 6.42 Å². The molecule has 1 fully saturated rings. The second kappa shape index (κ2) is 4.71. The van der Waals surface area contributed by atoms with Gasteiger partial charge in [-0.2, -0.15) is 13.2 Å². The number of hydrogen-bond donors (Lipinski definition) is 1. The van der Waals surface area contributed by atoms with Crippen LogP contribution in [-0.4, -0.2) is 19.3 Å².